The van der Waals surface area contributed by atoms with Crippen LogP contribution in [0, 0.1) is 0 Å². The highest BCUT2D eigenvalue weighted by molar-refractivity contribution is 8.76. The van der Waals surface area contributed by atoms with E-state index in [0.717, 1.165) is 30.3 Å². The third kappa shape index (κ3) is 2.30. The van der Waals surface area contributed by atoms with Crippen molar-refractivity contribution >= 4 is 27.3 Å². The fourth-order valence-corrected chi connectivity index (χ4v) is 2.60. The quantitative estimate of drug-likeness (QED) is 0.801. The van der Waals surface area contributed by atoms with E-state index in [2.05, 4.69) is 29.8 Å². The molecule has 1 aliphatic heterocycles. The molecule has 1 heterocycles. The van der Waals surface area contributed by atoms with Crippen LogP contribution in [0.2, 0.25) is 0 Å². The van der Waals surface area contributed by atoms with Gasteiger partial charge < -0.3 is 10.1 Å². The van der Waals surface area contributed by atoms with Gasteiger partial charge in [0, 0.05) is 12.3 Å². The van der Waals surface area contributed by atoms with Crippen molar-refractivity contribution in [3.05, 3.63) is 23.8 Å². The monoisotopic (exact) mass is 227 g/mol. The maximum Gasteiger partial charge on any atom is 0.142 e. The Balaban J connectivity index is 2.12. The van der Waals surface area contributed by atoms with Crippen LogP contribution < -0.4 is 10.1 Å². The highest BCUT2D eigenvalue weighted by atomic mass is 33.1. The van der Waals surface area contributed by atoms with Gasteiger partial charge in [0.25, 0.3) is 0 Å². The van der Waals surface area contributed by atoms with Crippen molar-refractivity contribution in [1.29, 1.82) is 0 Å². The minimum atomic E-state index is 0.770. The van der Waals surface area contributed by atoms with Crippen molar-refractivity contribution in [2.24, 2.45) is 0 Å². The number of anilines is 1. The molecule has 1 aromatic carbocycles. The summed E-state index contributed by atoms with van der Waals surface area (Å²) in [4.78, 5) is 0. The molecule has 2 rings (SSSR count). The van der Waals surface area contributed by atoms with Gasteiger partial charge >= 0.3 is 0 Å². The summed E-state index contributed by atoms with van der Waals surface area (Å²) < 4.78 is 5.51. The molecule has 1 N–H and O–H groups in total. The third-order valence-electron chi connectivity index (χ3n) is 2.06. The van der Waals surface area contributed by atoms with E-state index >= 15 is 0 Å². The van der Waals surface area contributed by atoms with E-state index in [9.17, 15) is 0 Å². The summed E-state index contributed by atoms with van der Waals surface area (Å²) in [7, 11) is 3.66. The smallest absolute Gasteiger partial charge is 0.142 e. The lowest BCUT2D eigenvalue weighted by Gasteiger charge is -2.19. The van der Waals surface area contributed by atoms with Crippen LogP contribution in [0.25, 0.3) is 0 Å². The van der Waals surface area contributed by atoms with Gasteiger partial charge in [-0.2, -0.15) is 0 Å². The second kappa shape index (κ2) is 4.84. The first-order chi connectivity index (χ1) is 6.90. The van der Waals surface area contributed by atoms with Crippen LogP contribution in [-0.2, 0) is 5.75 Å². The summed E-state index contributed by atoms with van der Waals surface area (Å²) >= 11 is 0. The van der Waals surface area contributed by atoms with E-state index in [1.807, 2.05) is 10.8 Å². The SMILES string of the molecule is CSSCc1ccc2c(c1)NCCO2. The molecule has 2 nitrogen and oxygen atoms in total. The van der Waals surface area contributed by atoms with Gasteiger partial charge in [-0.15, -0.1) is 0 Å². The van der Waals surface area contributed by atoms with Crippen LogP contribution in [0.1, 0.15) is 5.56 Å². The first kappa shape index (κ1) is 10.1. The molecule has 1 aliphatic rings. The van der Waals surface area contributed by atoms with Crippen LogP contribution in [-0.4, -0.2) is 19.4 Å². The molecule has 0 saturated carbocycles. The Bertz CT molecular complexity index is 317. The summed E-state index contributed by atoms with van der Waals surface area (Å²) in [6.45, 7) is 1.68. The van der Waals surface area contributed by atoms with Crippen molar-refractivity contribution in [1.82, 2.24) is 0 Å². The van der Waals surface area contributed by atoms with Crippen molar-refractivity contribution in [2.75, 3.05) is 24.7 Å². The topological polar surface area (TPSA) is 21.3 Å². The highest BCUT2D eigenvalue weighted by Gasteiger charge is 2.09. The van der Waals surface area contributed by atoms with Crippen LogP contribution in [0.15, 0.2) is 18.2 Å². The summed E-state index contributed by atoms with van der Waals surface area (Å²) in [5.74, 6) is 2.03. The second-order valence-corrected chi connectivity index (χ2v) is 5.60. The molecular formula is C10H13NOS2. The van der Waals surface area contributed by atoms with Gasteiger partial charge in [0.1, 0.15) is 12.4 Å². The number of hydrogen-bond donors (Lipinski definition) is 1. The summed E-state index contributed by atoms with van der Waals surface area (Å²) in [6, 6.07) is 6.37. The number of ether oxygens (including phenoxy) is 1. The molecule has 0 radical (unpaired) electrons. The Labute approximate surface area is 92.2 Å². The molecule has 0 bridgehead atoms. The van der Waals surface area contributed by atoms with Gasteiger partial charge in [-0.1, -0.05) is 27.7 Å². The molecule has 4 heteroatoms. The van der Waals surface area contributed by atoms with E-state index in [-0.39, 0.29) is 0 Å². The van der Waals surface area contributed by atoms with Crippen molar-refractivity contribution < 1.29 is 4.74 Å². The van der Waals surface area contributed by atoms with E-state index in [1.165, 1.54) is 5.56 Å². The van der Waals surface area contributed by atoms with E-state index in [1.54, 1.807) is 10.8 Å². The standard InChI is InChI=1S/C10H13NOS2/c1-13-14-7-8-2-3-10-9(6-8)11-4-5-12-10/h2-3,6,11H,4-5,7H2,1H3. The van der Waals surface area contributed by atoms with Crippen LogP contribution in [0.5, 0.6) is 5.75 Å². The van der Waals surface area contributed by atoms with E-state index < -0.39 is 0 Å². The van der Waals surface area contributed by atoms with Gasteiger partial charge in [0.15, 0.2) is 0 Å². The zero-order valence-electron chi connectivity index (χ0n) is 8.08. The van der Waals surface area contributed by atoms with Gasteiger partial charge in [0.2, 0.25) is 0 Å². The molecule has 0 aromatic heterocycles. The lowest BCUT2D eigenvalue weighted by Crippen LogP contribution is -2.17. The zero-order valence-corrected chi connectivity index (χ0v) is 9.71. The van der Waals surface area contributed by atoms with E-state index in [4.69, 9.17) is 4.74 Å². The normalized spacial score (nSPS) is 14.1. The fraction of sp³-hybridized carbons (Fsp3) is 0.400. The minimum Gasteiger partial charge on any atom is -0.490 e. The second-order valence-electron chi connectivity index (χ2n) is 3.03. The van der Waals surface area contributed by atoms with E-state index in [0.29, 0.717) is 0 Å². The van der Waals surface area contributed by atoms with Gasteiger partial charge in [-0.25, -0.2) is 0 Å². The summed E-state index contributed by atoms with van der Waals surface area (Å²) in [5.41, 5.74) is 2.48. The molecule has 0 atom stereocenters. The Kier molecular flexibility index (Phi) is 3.48. The van der Waals surface area contributed by atoms with Crippen LogP contribution >= 0.6 is 21.6 Å². The number of hydrogen-bond acceptors (Lipinski definition) is 4. The predicted octanol–water partition coefficient (Wildman–Crippen LogP) is 3.00. The molecular weight excluding hydrogens is 214 g/mol. The molecule has 76 valence electrons. The Morgan fingerprint density at radius 1 is 1.50 bits per heavy atom. The average molecular weight is 227 g/mol. The number of fused-ring (bicyclic) bond motifs is 1. The first-order valence-corrected chi connectivity index (χ1v) is 7.28. The van der Waals surface area contributed by atoms with Crippen molar-refractivity contribution in [3.63, 3.8) is 0 Å². The van der Waals surface area contributed by atoms with Crippen molar-refractivity contribution in [3.8, 4) is 5.75 Å². The molecule has 0 spiro atoms. The molecule has 0 unspecified atom stereocenters. The van der Waals surface area contributed by atoms with Crippen LogP contribution in [0.4, 0.5) is 5.69 Å². The first-order valence-electron chi connectivity index (χ1n) is 4.55. The molecule has 14 heavy (non-hydrogen) atoms. The maximum absolute atomic E-state index is 5.51. The number of benzene rings is 1. The minimum absolute atomic E-state index is 0.770. The Morgan fingerprint density at radius 2 is 2.43 bits per heavy atom. The third-order valence-corrected chi connectivity index (χ3v) is 3.81. The molecule has 1 aromatic rings. The fourth-order valence-electron chi connectivity index (χ4n) is 1.40. The Morgan fingerprint density at radius 3 is 3.29 bits per heavy atom. The molecule has 0 amide bonds. The highest BCUT2D eigenvalue weighted by Crippen LogP contribution is 2.31. The number of rotatable bonds is 3. The number of nitrogens with one attached hydrogen (secondary N) is 1. The maximum atomic E-state index is 5.51. The molecule has 0 aliphatic carbocycles. The average Bonchev–Trinajstić information content (AvgIpc) is 2.26. The largest absolute Gasteiger partial charge is 0.490 e. The Hall–Kier alpha value is -0.480. The predicted molar refractivity (Wildman–Crippen MR) is 65.2 cm³/mol. The summed E-state index contributed by atoms with van der Waals surface area (Å²) in [5, 5.41) is 3.34. The van der Waals surface area contributed by atoms with Gasteiger partial charge in [0.05, 0.1) is 5.69 Å². The summed E-state index contributed by atoms with van der Waals surface area (Å²) in [6.07, 6.45) is 2.10. The van der Waals surface area contributed by atoms with Gasteiger partial charge in [-0.05, 0) is 24.0 Å². The zero-order chi connectivity index (χ0) is 9.80. The van der Waals surface area contributed by atoms with Gasteiger partial charge in [-0.3, -0.25) is 0 Å². The van der Waals surface area contributed by atoms with Crippen LogP contribution in [0.3, 0.4) is 0 Å². The lowest BCUT2D eigenvalue weighted by molar-refractivity contribution is 0.323. The van der Waals surface area contributed by atoms with Crippen molar-refractivity contribution in [2.45, 2.75) is 5.75 Å². The molecule has 0 fully saturated rings. The molecule has 0 saturated heterocycles. The lowest BCUT2D eigenvalue weighted by atomic mass is 10.2.